The van der Waals surface area contributed by atoms with E-state index >= 15 is 0 Å². The van der Waals surface area contributed by atoms with Crippen LogP contribution in [0.15, 0.2) is 29.4 Å². The van der Waals surface area contributed by atoms with Crippen molar-refractivity contribution in [2.45, 2.75) is 43.8 Å². The van der Waals surface area contributed by atoms with E-state index in [-0.39, 0.29) is 17.7 Å². The molecule has 1 saturated carbocycles. The molecule has 0 bridgehead atoms. The Bertz CT molecular complexity index is 712. The lowest BCUT2D eigenvalue weighted by Gasteiger charge is -2.13. The SMILES string of the molecule is CC(C)n1c(SCC(=O)Nc2ccccc2Cl)nnc1C1CC1. The van der Waals surface area contributed by atoms with Crippen molar-refractivity contribution in [2.24, 2.45) is 0 Å². The minimum absolute atomic E-state index is 0.102. The summed E-state index contributed by atoms with van der Waals surface area (Å²) >= 11 is 7.46. The Hall–Kier alpha value is -1.53. The maximum absolute atomic E-state index is 12.1. The Balaban J connectivity index is 1.64. The van der Waals surface area contributed by atoms with Crippen LogP contribution in [0.2, 0.25) is 5.02 Å². The third-order valence-electron chi connectivity index (χ3n) is 3.63. The van der Waals surface area contributed by atoms with Crippen LogP contribution < -0.4 is 5.32 Å². The average Bonchev–Trinajstić information content (AvgIpc) is 3.27. The van der Waals surface area contributed by atoms with Crippen LogP contribution in [0.5, 0.6) is 0 Å². The predicted octanol–water partition coefficient (Wildman–Crippen LogP) is 4.12. The molecule has 5 nitrogen and oxygen atoms in total. The number of nitrogens with zero attached hydrogens (tertiary/aromatic N) is 3. The molecule has 1 N–H and O–H groups in total. The zero-order valence-electron chi connectivity index (χ0n) is 13.1. The number of aromatic nitrogens is 3. The Morgan fingerprint density at radius 2 is 2.13 bits per heavy atom. The monoisotopic (exact) mass is 350 g/mol. The number of para-hydroxylation sites is 1. The zero-order valence-corrected chi connectivity index (χ0v) is 14.7. The van der Waals surface area contributed by atoms with Crippen LogP contribution in [0.25, 0.3) is 0 Å². The van der Waals surface area contributed by atoms with E-state index in [1.54, 1.807) is 12.1 Å². The summed E-state index contributed by atoms with van der Waals surface area (Å²) < 4.78 is 2.14. The summed E-state index contributed by atoms with van der Waals surface area (Å²) in [5.74, 6) is 1.76. The van der Waals surface area contributed by atoms with Crippen molar-refractivity contribution in [1.29, 1.82) is 0 Å². The summed E-state index contributed by atoms with van der Waals surface area (Å²) in [7, 11) is 0. The fraction of sp³-hybridized carbons (Fsp3) is 0.438. The molecule has 0 aliphatic heterocycles. The highest BCUT2D eigenvalue weighted by Crippen LogP contribution is 2.41. The summed E-state index contributed by atoms with van der Waals surface area (Å²) in [5.41, 5.74) is 0.628. The highest BCUT2D eigenvalue weighted by Gasteiger charge is 2.31. The number of hydrogen-bond donors (Lipinski definition) is 1. The first-order valence-corrected chi connectivity index (χ1v) is 9.04. The van der Waals surface area contributed by atoms with Gasteiger partial charge in [-0.2, -0.15) is 0 Å². The quantitative estimate of drug-likeness (QED) is 0.796. The normalized spacial score (nSPS) is 14.3. The second-order valence-electron chi connectivity index (χ2n) is 5.90. The number of anilines is 1. The minimum atomic E-state index is -0.102. The van der Waals surface area contributed by atoms with Gasteiger partial charge in [0.25, 0.3) is 0 Å². The van der Waals surface area contributed by atoms with Crippen molar-refractivity contribution in [1.82, 2.24) is 14.8 Å². The standard InChI is InChI=1S/C16H19ClN4OS/c1-10(2)21-15(11-7-8-11)19-20-16(21)23-9-14(22)18-13-6-4-3-5-12(13)17/h3-6,10-11H,7-9H2,1-2H3,(H,18,22). The van der Waals surface area contributed by atoms with E-state index in [9.17, 15) is 4.79 Å². The number of nitrogens with one attached hydrogen (secondary N) is 1. The van der Waals surface area contributed by atoms with E-state index in [1.165, 1.54) is 24.6 Å². The third-order valence-corrected chi connectivity index (χ3v) is 4.90. The topological polar surface area (TPSA) is 59.8 Å². The highest BCUT2D eigenvalue weighted by atomic mass is 35.5. The Morgan fingerprint density at radius 3 is 2.78 bits per heavy atom. The van der Waals surface area contributed by atoms with Gasteiger partial charge in [0, 0.05) is 12.0 Å². The third kappa shape index (κ3) is 3.87. The second-order valence-corrected chi connectivity index (χ2v) is 7.25. The van der Waals surface area contributed by atoms with Gasteiger partial charge in [-0.1, -0.05) is 35.5 Å². The van der Waals surface area contributed by atoms with Gasteiger partial charge in [0.05, 0.1) is 16.5 Å². The first-order valence-electron chi connectivity index (χ1n) is 7.68. The van der Waals surface area contributed by atoms with E-state index in [2.05, 4.69) is 33.9 Å². The number of hydrogen-bond acceptors (Lipinski definition) is 4. The van der Waals surface area contributed by atoms with Gasteiger partial charge < -0.3 is 9.88 Å². The molecule has 1 amide bonds. The van der Waals surface area contributed by atoms with Crippen molar-refractivity contribution in [3.63, 3.8) is 0 Å². The van der Waals surface area contributed by atoms with Crippen molar-refractivity contribution in [3.05, 3.63) is 35.1 Å². The molecule has 1 aliphatic rings. The van der Waals surface area contributed by atoms with Crippen LogP contribution in [0.4, 0.5) is 5.69 Å². The van der Waals surface area contributed by atoms with Gasteiger partial charge in [-0.05, 0) is 38.8 Å². The smallest absolute Gasteiger partial charge is 0.234 e. The lowest BCUT2D eigenvalue weighted by atomic mass is 10.3. The molecule has 122 valence electrons. The fourth-order valence-electron chi connectivity index (χ4n) is 2.37. The van der Waals surface area contributed by atoms with E-state index in [0.29, 0.717) is 16.6 Å². The predicted molar refractivity (Wildman–Crippen MR) is 93.2 cm³/mol. The first-order chi connectivity index (χ1) is 11.1. The van der Waals surface area contributed by atoms with Crippen molar-refractivity contribution in [2.75, 3.05) is 11.1 Å². The molecular weight excluding hydrogens is 332 g/mol. The zero-order chi connectivity index (χ0) is 16.4. The van der Waals surface area contributed by atoms with Crippen molar-refractivity contribution < 1.29 is 4.79 Å². The van der Waals surface area contributed by atoms with Gasteiger partial charge in [0.15, 0.2) is 5.16 Å². The number of carbonyl (C=O) groups is 1. The van der Waals surface area contributed by atoms with Crippen LogP contribution in [-0.4, -0.2) is 26.4 Å². The summed E-state index contributed by atoms with van der Waals surface area (Å²) in [6, 6.07) is 7.49. The Kier molecular flexibility index (Phi) is 4.92. The molecule has 0 radical (unpaired) electrons. The lowest BCUT2D eigenvalue weighted by molar-refractivity contribution is -0.113. The Morgan fingerprint density at radius 1 is 1.39 bits per heavy atom. The number of halogens is 1. The molecule has 0 spiro atoms. The van der Waals surface area contributed by atoms with E-state index in [4.69, 9.17) is 11.6 Å². The van der Waals surface area contributed by atoms with Crippen molar-refractivity contribution in [3.8, 4) is 0 Å². The molecule has 1 fully saturated rings. The van der Waals surface area contributed by atoms with Gasteiger partial charge >= 0.3 is 0 Å². The number of benzene rings is 1. The van der Waals surface area contributed by atoms with E-state index in [1.807, 2.05) is 12.1 Å². The van der Waals surface area contributed by atoms with Gasteiger partial charge in [0.1, 0.15) is 5.82 Å². The highest BCUT2D eigenvalue weighted by molar-refractivity contribution is 7.99. The molecule has 1 heterocycles. The summed E-state index contributed by atoms with van der Waals surface area (Å²) in [5, 5.41) is 12.7. The molecule has 2 aromatic rings. The molecule has 7 heteroatoms. The summed E-state index contributed by atoms with van der Waals surface area (Å²) in [6.07, 6.45) is 2.37. The van der Waals surface area contributed by atoms with Crippen LogP contribution in [0.1, 0.15) is 44.5 Å². The number of rotatable bonds is 6. The summed E-state index contributed by atoms with van der Waals surface area (Å²) in [6.45, 7) is 4.23. The van der Waals surface area contributed by atoms with Crippen LogP contribution in [0.3, 0.4) is 0 Å². The molecule has 23 heavy (non-hydrogen) atoms. The molecule has 3 rings (SSSR count). The number of amides is 1. The molecule has 1 aromatic carbocycles. The molecule has 0 unspecified atom stereocenters. The first kappa shape index (κ1) is 16.3. The molecule has 1 aromatic heterocycles. The Labute approximate surface area is 144 Å². The van der Waals surface area contributed by atoms with E-state index < -0.39 is 0 Å². The van der Waals surface area contributed by atoms with E-state index in [0.717, 1.165) is 11.0 Å². The number of thioether (sulfide) groups is 1. The lowest BCUT2D eigenvalue weighted by Crippen LogP contribution is -2.15. The van der Waals surface area contributed by atoms with Crippen LogP contribution in [0, 0.1) is 0 Å². The molecule has 0 saturated heterocycles. The fourth-order valence-corrected chi connectivity index (χ4v) is 3.43. The molecule has 1 aliphatic carbocycles. The second kappa shape index (κ2) is 6.93. The van der Waals surface area contributed by atoms with Crippen molar-refractivity contribution >= 4 is 35.0 Å². The molecular formula is C16H19ClN4OS. The summed E-state index contributed by atoms with van der Waals surface area (Å²) in [4.78, 5) is 12.1. The van der Waals surface area contributed by atoms with Gasteiger partial charge in [0.2, 0.25) is 5.91 Å². The van der Waals surface area contributed by atoms with Crippen LogP contribution in [-0.2, 0) is 4.79 Å². The maximum Gasteiger partial charge on any atom is 0.234 e. The average molecular weight is 351 g/mol. The molecule has 0 atom stereocenters. The van der Waals surface area contributed by atoms with Gasteiger partial charge in [-0.3, -0.25) is 4.79 Å². The van der Waals surface area contributed by atoms with Crippen LogP contribution >= 0.6 is 23.4 Å². The minimum Gasteiger partial charge on any atom is -0.324 e. The number of carbonyl (C=O) groups excluding carboxylic acids is 1. The maximum atomic E-state index is 12.1. The largest absolute Gasteiger partial charge is 0.324 e. The van der Waals surface area contributed by atoms with Gasteiger partial charge in [-0.15, -0.1) is 10.2 Å². The van der Waals surface area contributed by atoms with Gasteiger partial charge in [-0.25, -0.2) is 0 Å².